The first-order valence-electron chi connectivity index (χ1n) is 9.43. The lowest BCUT2D eigenvalue weighted by Crippen LogP contribution is -2.50. The van der Waals surface area contributed by atoms with E-state index >= 15 is 0 Å². The van der Waals surface area contributed by atoms with Crippen LogP contribution >= 0.6 is 0 Å². The van der Waals surface area contributed by atoms with Crippen molar-refractivity contribution in [2.45, 2.75) is 25.7 Å². The number of carbonyl (C=O) groups is 2. The number of anilines is 1. The maximum Gasteiger partial charge on any atom is 0.235 e. The average molecular weight is 385 g/mol. The van der Waals surface area contributed by atoms with Crippen LogP contribution in [0, 0.1) is 17.0 Å². The number of benzene rings is 1. The fraction of sp³-hybridized carbons (Fsp3) is 0.381. The highest BCUT2D eigenvalue weighted by molar-refractivity contribution is 6.00. The zero-order valence-corrected chi connectivity index (χ0v) is 15.4. The van der Waals surface area contributed by atoms with Gasteiger partial charge < -0.3 is 9.80 Å². The summed E-state index contributed by atoms with van der Waals surface area (Å²) in [4.78, 5) is 33.3. The Morgan fingerprint density at radius 2 is 2.00 bits per heavy atom. The summed E-state index contributed by atoms with van der Waals surface area (Å²) in [5.74, 6) is -2.22. The van der Waals surface area contributed by atoms with Crippen LogP contribution in [0.4, 0.5) is 14.5 Å². The van der Waals surface area contributed by atoms with Gasteiger partial charge in [-0.2, -0.15) is 0 Å². The lowest BCUT2D eigenvalue weighted by atomic mass is 9.78. The van der Waals surface area contributed by atoms with Gasteiger partial charge in [-0.1, -0.05) is 12.1 Å². The van der Waals surface area contributed by atoms with E-state index in [0.29, 0.717) is 32.5 Å². The molecule has 1 spiro atoms. The predicted octanol–water partition coefficient (Wildman–Crippen LogP) is 2.95. The van der Waals surface area contributed by atoms with Gasteiger partial charge in [0.2, 0.25) is 11.8 Å². The first kappa shape index (κ1) is 18.5. The van der Waals surface area contributed by atoms with E-state index in [1.165, 1.54) is 12.1 Å². The van der Waals surface area contributed by atoms with E-state index in [0.717, 1.165) is 18.2 Å². The lowest BCUT2D eigenvalue weighted by Gasteiger charge is -2.39. The SMILES string of the molecule is O=C(Cc1cccc(F)c1F)N1CCC[C@]2(CCN(c3cccnc3)C2=O)C1. The van der Waals surface area contributed by atoms with Crippen LogP contribution in [0.3, 0.4) is 0 Å². The molecule has 0 unspecified atom stereocenters. The van der Waals surface area contributed by atoms with Gasteiger partial charge in [0.25, 0.3) is 0 Å². The van der Waals surface area contributed by atoms with Crippen molar-refractivity contribution in [3.8, 4) is 0 Å². The van der Waals surface area contributed by atoms with Crippen molar-refractivity contribution in [3.63, 3.8) is 0 Å². The molecular weight excluding hydrogens is 364 g/mol. The summed E-state index contributed by atoms with van der Waals surface area (Å²) in [6.45, 7) is 1.43. The molecule has 7 heteroatoms. The van der Waals surface area contributed by atoms with E-state index in [2.05, 4.69) is 4.98 Å². The molecule has 0 aliphatic carbocycles. The highest BCUT2D eigenvalue weighted by Crippen LogP contribution is 2.41. The van der Waals surface area contributed by atoms with E-state index < -0.39 is 17.0 Å². The van der Waals surface area contributed by atoms with Crippen LogP contribution in [0.1, 0.15) is 24.8 Å². The second-order valence-electron chi connectivity index (χ2n) is 7.51. The number of nitrogens with zero attached hydrogens (tertiary/aromatic N) is 3. The minimum atomic E-state index is -0.984. The molecule has 1 aromatic carbocycles. The molecule has 0 N–H and O–H groups in total. The minimum Gasteiger partial charge on any atom is -0.341 e. The van der Waals surface area contributed by atoms with Gasteiger partial charge in [0.15, 0.2) is 11.6 Å². The number of hydrogen-bond donors (Lipinski definition) is 0. The molecule has 2 saturated heterocycles. The van der Waals surface area contributed by atoms with Gasteiger partial charge in [0.1, 0.15) is 0 Å². The van der Waals surface area contributed by atoms with E-state index in [-0.39, 0.29) is 23.8 Å². The molecule has 0 bridgehead atoms. The van der Waals surface area contributed by atoms with Gasteiger partial charge in [0.05, 0.1) is 23.7 Å². The Balaban J connectivity index is 1.49. The summed E-state index contributed by atoms with van der Waals surface area (Å²) >= 11 is 0. The van der Waals surface area contributed by atoms with Crippen molar-refractivity contribution < 1.29 is 18.4 Å². The molecule has 3 heterocycles. The number of halogens is 2. The van der Waals surface area contributed by atoms with Crippen LogP contribution in [0.5, 0.6) is 0 Å². The van der Waals surface area contributed by atoms with Crippen molar-refractivity contribution in [1.82, 2.24) is 9.88 Å². The molecule has 4 rings (SSSR count). The standard InChI is InChI=1S/C21H21F2N3O2/c22-17-6-1-4-15(19(17)23)12-18(27)25-10-3-7-21(14-25)8-11-26(20(21)28)16-5-2-9-24-13-16/h1-2,4-6,9,13H,3,7-8,10-12,14H2/t21-/m0/s1. The number of hydrogen-bond acceptors (Lipinski definition) is 3. The second kappa shape index (κ2) is 7.30. The molecule has 0 saturated carbocycles. The maximum absolute atomic E-state index is 13.9. The molecule has 0 radical (unpaired) electrons. The Kier molecular flexibility index (Phi) is 4.83. The number of likely N-dealkylation sites (tertiary alicyclic amines) is 1. The number of pyridine rings is 1. The van der Waals surface area contributed by atoms with Crippen molar-refractivity contribution in [3.05, 3.63) is 59.9 Å². The third kappa shape index (κ3) is 3.25. The maximum atomic E-state index is 13.9. The largest absolute Gasteiger partial charge is 0.341 e. The molecule has 146 valence electrons. The van der Waals surface area contributed by atoms with Crippen LogP contribution in [-0.4, -0.2) is 41.3 Å². The Morgan fingerprint density at radius 3 is 2.79 bits per heavy atom. The Morgan fingerprint density at radius 1 is 1.14 bits per heavy atom. The van der Waals surface area contributed by atoms with E-state index in [1.807, 2.05) is 6.07 Å². The lowest BCUT2D eigenvalue weighted by molar-refractivity contribution is -0.138. The Bertz CT molecular complexity index is 906. The number of amides is 2. The smallest absolute Gasteiger partial charge is 0.235 e. The third-order valence-electron chi connectivity index (χ3n) is 5.77. The Hall–Kier alpha value is -2.83. The van der Waals surface area contributed by atoms with Crippen LogP contribution < -0.4 is 4.90 Å². The summed E-state index contributed by atoms with van der Waals surface area (Å²) in [6.07, 6.45) is 5.21. The quantitative estimate of drug-likeness (QED) is 0.816. The van der Waals surface area contributed by atoms with Gasteiger partial charge in [-0.3, -0.25) is 14.6 Å². The van der Waals surface area contributed by atoms with Gasteiger partial charge in [-0.15, -0.1) is 0 Å². The van der Waals surface area contributed by atoms with Gasteiger partial charge in [-0.05, 0) is 37.5 Å². The second-order valence-corrected chi connectivity index (χ2v) is 7.51. The summed E-state index contributed by atoms with van der Waals surface area (Å²) in [7, 11) is 0. The molecule has 1 aromatic heterocycles. The van der Waals surface area contributed by atoms with Crippen LogP contribution in [0.15, 0.2) is 42.7 Å². The van der Waals surface area contributed by atoms with Crippen molar-refractivity contribution in [2.75, 3.05) is 24.5 Å². The van der Waals surface area contributed by atoms with Gasteiger partial charge >= 0.3 is 0 Å². The number of piperidine rings is 1. The van der Waals surface area contributed by atoms with Crippen molar-refractivity contribution >= 4 is 17.5 Å². The van der Waals surface area contributed by atoms with E-state index in [9.17, 15) is 18.4 Å². The number of rotatable bonds is 3. The minimum absolute atomic E-state index is 0.00920. The predicted molar refractivity (Wildman–Crippen MR) is 99.5 cm³/mol. The Labute approximate surface area is 162 Å². The zero-order valence-electron chi connectivity index (χ0n) is 15.4. The first-order valence-corrected chi connectivity index (χ1v) is 9.43. The third-order valence-corrected chi connectivity index (χ3v) is 5.77. The van der Waals surface area contributed by atoms with Crippen molar-refractivity contribution in [1.29, 1.82) is 0 Å². The molecule has 2 aliphatic rings. The summed E-state index contributed by atoms with van der Waals surface area (Å²) < 4.78 is 27.3. The number of aromatic nitrogens is 1. The number of carbonyl (C=O) groups excluding carboxylic acids is 2. The molecule has 28 heavy (non-hydrogen) atoms. The topological polar surface area (TPSA) is 53.5 Å². The highest BCUT2D eigenvalue weighted by atomic mass is 19.2. The molecule has 2 aliphatic heterocycles. The molecule has 5 nitrogen and oxygen atoms in total. The molecule has 2 aromatic rings. The summed E-state index contributed by atoms with van der Waals surface area (Å²) in [5, 5.41) is 0. The fourth-order valence-corrected chi connectivity index (χ4v) is 4.26. The average Bonchev–Trinajstić information content (AvgIpc) is 3.02. The van der Waals surface area contributed by atoms with E-state index in [4.69, 9.17) is 0 Å². The van der Waals surface area contributed by atoms with Crippen molar-refractivity contribution in [2.24, 2.45) is 5.41 Å². The van der Waals surface area contributed by atoms with E-state index in [1.54, 1.807) is 28.3 Å². The molecule has 1 atom stereocenters. The van der Waals surface area contributed by atoms with Gasteiger partial charge in [-0.25, -0.2) is 8.78 Å². The molecular formula is C21H21F2N3O2. The molecule has 2 amide bonds. The highest BCUT2D eigenvalue weighted by Gasteiger charge is 2.50. The first-order chi connectivity index (χ1) is 13.5. The summed E-state index contributed by atoms with van der Waals surface area (Å²) in [5.41, 5.74) is 0.193. The summed E-state index contributed by atoms with van der Waals surface area (Å²) in [6, 6.07) is 7.48. The fourth-order valence-electron chi connectivity index (χ4n) is 4.26. The zero-order chi connectivity index (χ0) is 19.7. The monoisotopic (exact) mass is 385 g/mol. The normalized spacial score (nSPS) is 22.1. The van der Waals surface area contributed by atoms with Crippen LogP contribution in [0.2, 0.25) is 0 Å². The molecule has 2 fully saturated rings. The van der Waals surface area contributed by atoms with Gasteiger partial charge in [0, 0.05) is 31.4 Å². The van der Waals surface area contributed by atoms with Crippen LogP contribution in [-0.2, 0) is 16.0 Å². The van der Waals surface area contributed by atoms with Crippen LogP contribution in [0.25, 0.3) is 0 Å².